The van der Waals surface area contributed by atoms with Crippen LogP contribution in [0.25, 0.3) is 0 Å². The van der Waals surface area contributed by atoms with E-state index in [4.69, 9.17) is 5.73 Å². The minimum Gasteiger partial charge on any atom is -0.477 e. The predicted octanol–water partition coefficient (Wildman–Crippen LogP) is -0.203. The molecule has 0 saturated carbocycles. The number of carbonyl (C=O) groups is 2. The average Bonchev–Trinajstić information content (AvgIpc) is 2.82. The number of hydrogen-bond acceptors (Lipinski definition) is 7. The van der Waals surface area contributed by atoms with Crippen LogP contribution in [0, 0.1) is 6.92 Å². The maximum absolute atomic E-state index is 11.8. The molecule has 0 aliphatic carbocycles. The second kappa shape index (κ2) is 5.60. The van der Waals surface area contributed by atoms with Gasteiger partial charge in [0.05, 0.1) is 0 Å². The molecule has 0 bridgehead atoms. The second-order valence-electron chi connectivity index (χ2n) is 5.07. The van der Waals surface area contributed by atoms with Crippen LogP contribution in [-0.4, -0.2) is 59.6 Å². The molecule has 22 heavy (non-hydrogen) atoms. The molecule has 1 aromatic rings. The summed E-state index contributed by atoms with van der Waals surface area (Å²) in [6, 6.07) is -0.602. The Balaban J connectivity index is 1.83. The standard InChI is InChI=1S/C12H15N5O3S2/c1-5-14-15-12(16(5)2)22-4-6-3-21-10-7(13)9(18)17(10)8(6)11(19)20/h7,10H,3-4,13H2,1-2H3,(H,19,20)/t7?,10-/m0/s1. The van der Waals surface area contributed by atoms with Crippen LogP contribution in [0.5, 0.6) is 0 Å². The Morgan fingerprint density at radius 3 is 2.86 bits per heavy atom. The van der Waals surface area contributed by atoms with Crippen molar-refractivity contribution < 1.29 is 14.7 Å². The summed E-state index contributed by atoms with van der Waals surface area (Å²) in [5, 5.41) is 17.9. The second-order valence-corrected chi connectivity index (χ2v) is 7.12. The zero-order chi connectivity index (χ0) is 16.0. The first kappa shape index (κ1) is 15.4. The largest absolute Gasteiger partial charge is 0.477 e. The Hall–Kier alpha value is -1.52. The van der Waals surface area contributed by atoms with E-state index in [-0.39, 0.29) is 17.0 Å². The lowest BCUT2D eigenvalue weighted by Crippen LogP contribution is -2.68. The van der Waals surface area contributed by atoms with E-state index in [0.717, 1.165) is 5.82 Å². The molecule has 0 spiro atoms. The third-order valence-corrected chi connectivity index (χ3v) is 6.19. The fraction of sp³-hybridized carbons (Fsp3) is 0.500. The molecule has 1 amide bonds. The van der Waals surface area contributed by atoms with Crippen LogP contribution in [0.3, 0.4) is 0 Å². The average molecular weight is 341 g/mol. The number of carboxylic acids is 1. The van der Waals surface area contributed by atoms with Crippen LogP contribution in [0.2, 0.25) is 0 Å². The summed E-state index contributed by atoms with van der Waals surface area (Å²) in [6.07, 6.45) is 0. The van der Waals surface area contributed by atoms with Gasteiger partial charge >= 0.3 is 5.97 Å². The van der Waals surface area contributed by atoms with Gasteiger partial charge in [-0.25, -0.2) is 4.79 Å². The molecule has 3 rings (SSSR count). The first-order valence-electron chi connectivity index (χ1n) is 6.56. The Bertz CT molecular complexity index is 686. The predicted molar refractivity (Wildman–Crippen MR) is 82.2 cm³/mol. The van der Waals surface area contributed by atoms with E-state index >= 15 is 0 Å². The lowest BCUT2D eigenvalue weighted by Gasteiger charge is -2.48. The Labute approximate surface area is 135 Å². The molecule has 10 heteroatoms. The van der Waals surface area contributed by atoms with Gasteiger partial charge in [0.15, 0.2) is 5.16 Å². The first-order chi connectivity index (χ1) is 10.4. The number of aliphatic carboxylic acids is 1. The van der Waals surface area contributed by atoms with Gasteiger partial charge in [-0.3, -0.25) is 9.69 Å². The lowest BCUT2D eigenvalue weighted by molar-refractivity contribution is -0.147. The summed E-state index contributed by atoms with van der Waals surface area (Å²) >= 11 is 2.91. The molecule has 118 valence electrons. The summed E-state index contributed by atoms with van der Waals surface area (Å²) < 4.78 is 1.84. The van der Waals surface area contributed by atoms with Crippen molar-refractivity contribution in [1.82, 2.24) is 19.7 Å². The maximum Gasteiger partial charge on any atom is 0.352 e. The van der Waals surface area contributed by atoms with Gasteiger partial charge in [-0.15, -0.1) is 22.0 Å². The van der Waals surface area contributed by atoms with E-state index in [1.165, 1.54) is 28.4 Å². The summed E-state index contributed by atoms with van der Waals surface area (Å²) in [5.41, 5.74) is 6.50. The summed E-state index contributed by atoms with van der Waals surface area (Å²) in [5.74, 6) is 0.374. The number of nitrogens with zero attached hydrogens (tertiary/aromatic N) is 4. The Morgan fingerprint density at radius 1 is 1.55 bits per heavy atom. The smallest absolute Gasteiger partial charge is 0.352 e. The number of rotatable bonds is 4. The highest BCUT2D eigenvalue weighted by Gasteiger charge is 2.51. The first-order valence-corrected chi connectivity index (χ1v) is 8.59. The molecule has 2 aliphatic heterocycles. The van der Waals surface area contributed by atoms with Crippen LogP contribution in [0.4, 0.5) is 0 Å². The molecule has 2 atom stereocenters. The fourth-order valence-corrected chi connectivity index (χ4v) is 4.74. The highest BCUT2D eigenvalue weighted by molar-refractivity contribution is 8.01. The quantitative estimate of drug-likeness (QED) is 0.571. The Morgan fingerprint density at radius 2 is 2.27 bits per heavy atom. The van der Waals surface area contributed by atoms with E-state index < -0.39 is 12.0 Å². The van der Waals surface area contributed by atoms with Gasteiger partial charge in [-0.1, -0.05) is 11.8 Å². The third-order valence-electron chi connectivity index (χ3n) is 3.72. The number of β-lactam (4-membered cyclic amide) rings is 1. The molecule has 1 saturated heterocycles. The summed E-state index contributed by atoms with van der Waals surface area (Å²) in [4.78, 5) is 24.7. The molecule has 1 aromatic heterocycles. The minimum absolute atomic E-state index is 0.0711. The zero-order valence-electron chi connectivity index (χ0n) is 12.0. The molecule has 3 heterocycles. The van der Waals surface area contributed by atoms with Gasteiger partial charge in [0.25, 0.3) is 0 Å². The molecular formula is C12H15N5O3S2. The third kappa shape index (κ3) is 2.31. The Kier molecular flexibility index (Phi) is 3.91. The van der Waals surface area contributed by atoms with Gasteiger partial charge in [0.1, 0.15) is 22.9 Å². The molecule has 2 aliphatic rings. The van der Waals surface area contributed by atoms with Gasteiger partial charge in [-0.05, 0) is 12.5 Å². The van der Waals surface area contributed by atoms with Crippen molar-refractivity contribution in [3.05, 3.63) is 17.1 Å². The van der Waals surface area contributed by atoms with E-state index in [9.17, 15) is 14.7 Å². The molecule has 1 fully saturated rings. The number of amides is 1. The van der Waals surface area contributed by atoms with Crippen molar-refractivity contribution in [3.63, 3.8) is 0 Å². The molecular weight excluding hydrogens is 326 g/mol. The van der Waals surface area contributed by atoms with Crippen LogP contribution in [0.15, 0.2) is 16.4 Å². The number of nitrogens with two attached hydrogens (primary N) is 1. The topological polar surface area (TPSA) is 114 Å². The molecule has 8 nitrogen and oxygen atoms in total. The number of aromatic nitrogens is 3. The monoisotopic (exact) mass is 341 g/mol. The van der Waals surface area contributed by atoms with Crippen molar-refractivity contribution in [2.45, 2.75) is 23.5 Å². The van der Waals surface area contributed by atoms with Crippen molar-refractivity contribution in [1.29, 1.82) is 0 Å². The van der Waals surface area contributed by atoms with Crippen molar-refractivity contribution in [2.24, 2.45) is 12.8 Å². The van der Waals surface area contributed by atoms with Crippen LogP contribution >= 0.6 is 23.5 Å². The van der Waals surface area contributed by atoms with E-state index in [1.54, 1.807) is 0 Å². The van der Waals surface area contributed by atoms with Crippen LogP contribution in [0.1, 0.15) is 5.82 Å². The van der Waals surface area contributed by atoms with E-state index in [0.29, 0.717) is 22.2 Å². The molecule has 1 unspecified atom stereocenters. The fourth-order valence-electron chi connectivity index (χ4n) is 2.36. The van der Waals surface area contributed by atoms with Crippen molar-refractivity contribution >= 4 is 35.4 Å². The molecule has 3 N–H and O–H groups in total. The van der Waals surface area contributed by atoms with Crippen LogP contribution < -0.4 is 5.73 Å². The molecule has 0 radical (unpaired) electrons. The van der Waals surface area contributed by atoms with E-state index in [1.807, 2.05) is 18.5 Å². The van der Waals surface area contributed by atoms with Crippen molar-refractivity contribution in [3.8, 4) is 0 Å². The molecule has 0 aromatic carbocycles. The highest BCUT2D eigenvalue weighted by Crippen LogP contribution is 2.40. The van der Waals surface area contributed by atoms with Crippen molar-refractivity contribution in [2.75, 3.05) is 11.5 Å². The van der Waals surface area contributed by atoms with Gasteiger partial charge in [-0.2, -0.15) is 0 Å². The van der Waals surface area contributed by atoms with E-state index in [2.05, 4.69) is 10.2 Å². The highest BCUT2D eigenvalue weighted by atomic mass is 32.2. The number of thioether (sulfide) groups is 2. The van der Waals surface area contributed by atoms with Gasteiger partial charge in [0.2, 0.25) is 5.91 Å². The number of fused-ring (bicyclic) bond motifs is 1. The zero-order valence-corrected chi connectivity index (χ0v) is 13.6. The minimum atomic E-state index is -1.09. The SMILES string of the molecule is Cc1nnc(SCC2=C(C(=O)O)N3C(=O)C(N)[C@@H]3SC2)n1C. The number of hydrogen-bond donors (Lipinski definition) is 2. The maximum atomic E-state index is 11.8. The normalized spacial score (nSPS) is 24.3. The number of aryl methyl sites for hydroxylation is 1. The van der Waals surface area contributed by atoms with Crippen LogP contribution in [-0.2, 0) is 16.6 Å². The lowest BCUT2D eigenvalue weighted by atomic mass is 10.0. The summed E-state index contributed by atoms with van der Waals surface area (Å²) in [6.45, 7) is 1.85. The number of carboxylic acid groups (broad SMARTS) is 1. The van der Waals surface area contributed by atoms with Gasteiger partial charge in [0, 0.05) is 18.6 Å². The summed E-state index contributed by atoms with van der Waals surface area (Å²) in [7, 11) is 1.85. The number of carbonyl (C=O) groups excluding carboxylic acids is 1. The van der Waals surface area contributed by atoms with Gasteiger partial charge < -0.3 is 15.4 Å².